The van der Waals surface area contributed by atoms with Crippen LogP contribution in [-0.2, 0) is 16.6 Å². The van der Waals surface area contributed by atoms with Crippen LogP contribution in [0, 0.1) is 0 Å². The van der Waals surface area contributed by atoms with Gasteiger partial charge in [-0.1, -0.05) is 30.3 Å². The number of hydrogen-bond acceptors (Lipinski definition) is 4. The molecule has 0 amide bonds. The predicted molar refractivity (Wildman–Crippen MR) is 76.5 cm³/mol. The zero-order valence-corrected chi connectivity index (χ0v) is 12.0. The van der Waals surface area contributed by atoms with Gasteiger partial charge in [-0.05, 0) is 17.7 Å². The Balaban J connectivity index is 2.09. The molecular weight excluding hydrogens is 282 g/mol. The number of sulfonamides is 1. The summed E-state index contributed by atoms with van der Waals surface area (Å²) in [5, 5.41) is 10.2. The van der Waals surface area contributed by atoms with Gasteiger partial charge < -0.3 is 5.11 Å². The predicted octanol–water partition coefficient (Wildman–Crippen LogP) is 1.88. The van der Waals surface area contributed by atoms with Crippen molar-refractivity contribution in [2.75, 3.05) is 6.26 Å². The van der Waals surface area contributed by atoms with Gasteiger partial charge in [-0.15, -0.1) is 11.3 Å². The highest BCUT2D eigenvalue weighted by Crippen LogP contribution is 2.28. The first-order valence-corrected chi connectivity index (χ1v) is 8.43. The quantitative estimate of drug-likeness (QED) is 0.885. The van der Waals surface area contributed by atoms with Crippen LogP contribution in [0.15, 0.2) is 42.5 Å². The Bertz CT molecular complexity index is 635. The number of thiophene rings is 1. The highest BCUT2D eigenvalue weighted by atomic mass is 32.2. The average molecular weight is 297 g/mol. The summed E-state index contributed by atoms with van der Waals surface area (Å²) in [5.74, 6) is 0. The fraction of sp³-hybridized carbons (Fsp3) is 0.231. The van der Waals surface area contributed by atoms with E-state index in [-0.39, 0.29) is 6.54 Å². The van der Waals surface area contributed by atoms with Crippen molar-refractivity contribution in [1.29, 1.82) is 0 Å². The standard InChI is InChI=1S/C13H15NO3S2/c1-19(16,17)14-9-11-7-8-12(18-11)13(15)10-5-3-2-4-6-10/h2-8,13-15H,9H2,1H3/t13-/m1/s1. The summed E-state index contributed by atoms with van der Waals surface area (Å²) in [7, 11) is -3.19. The van der Waals surface area contributed by atoms with Gasteiger partial charge in [-0.2, -0.15) is 0 Å². The smallest absolute Gasteiger partial charge is 0.209 e. The van der Waals surface area contributed by atoms with Gasteiger partial charge in [0.1, 0.15) is 6.10 Å². The van der Waals surface area contributed by atoms with Crippen molar-refractivity contribution in [3.8, 4) is 0 Å². The molecule has 2 aromatic rings. The van der Waals surface area contributed by atoms with Crippen LogP contribution in [0.2, 0.25) is 0 Å². The Hall–Kier alpha value is -1.21. The maximum absolute atomic E-state index is 11.0. The summed E-state index contributed by atoms with van der Waals surface area (Å²) in [6.07, 6.45) is 0.457. The van der Waals surface area contributed by atoms with E-state index < -0.39 is 16.1 Å². The van der Waals surface area contributed by atoms with Crippen LogP contribution in [0.25, 0.3) is 0 Å². The molecule has 1 heterocycles. The summed E-state index contributed by atoms with van der Waals surface area (Å²) in [5.41, 5.74) is 0.826. The van der Waals surface area contributed by atoms with Crippen molar-refractivity contribution in [3.63, 3.8) is 0 Å². The highest BCUT2D eigenvalue weighted by Gasteiger charge is 2.13. The van der Waals surface area contributed by atoms with Gasteiger partial charge in [0.25, 0.3) is 0 Å². The average Bonchev–Trinajstić information content (AvgIpc) is 2.84. The van der Waals surface area contributed by atoms with Crippen molar-refractivity contribution < 1.29 is 13.5 Å². The Morgan fingerprint density at radius 2 is 1.89 bits per heavy atom. The highest BCUT2D eigenvalue weighted by molar-refractivity contribution is 7.88. The molecule has 0 aliphatic rings. The van der Waals surface area contributed by atoms with Crippen molar-refractivity contribution in [3.05, 3.63) is 57.8 Å². The van der Waals surface area contributed by atoms with E-state index in [4.69, 9.17) is 0 Å². The maximum Gasteiger partial charge on any atom is 0.209 e. The summed E-state index contributed by atoms with van der Waals surface area (Å²) >= 11 is 1.40. The molecule has 2 N–H and O–H groups in total. The largest absolute Gasteiger partial charge is 0.383 e. The van der Waals surface area contributed by atoms with Crippen molar-refractivity contribution in [2.24, 2.45) is 0 Å². The maximum atomic E-state index is 11.0. The lowest BCUT2D eigenvalue weighted by Crippen LogP contribution is -2.20. The van der Waals surface area contributed by atoms with Crippen LogP contribution in [0.4, 0.5) is 0 Å². The third-order valence-electron chi connectivity index (χ3n) is 2.58. The molecule has 0 fully saturated rings. The van der Waals surface area contributed by atoms with Gasteiger partial charge in [-0.3, -0.25) is 0 Å². The summed E-state index contributed by atoms with van der Waals surface area (Å²) in [6.45, 7) is 0.255. The number of aliphatic hydroxyl groups excluding tert-OH is 1. The van der Waals surface area contributed by atoms with Crippen molar-refractivity contribution >= 4 is 21.4 Å². The Labute approximate surface area is 116 Å². The third kappa shape index (κ3) is 4.14. The number of rotatable bonds is 5. The van der Waals surface area contributed by atoms with E-state index in [1.54, 1.807) is 0 Å². The van der Waals surface area contributed by atoms with E-state index in [2.05, 4.69) is 4.72 Å². The molecule has 1 aromatic carbocycles. The molecule has 102 valence electrons. The minimum Gasteiger partial charge on any atom is -0.383 e. The molecule has 0 aliphatic carbocycles. The number of aliphatic hydroxyl groups is 1. The molecule has 0 unspecified atom stereocenters. The molecule has 6 heteroatoms. The molecule has 0 saturated heterocycles. The molecule has 2 rings (SSSR count). The molecule has 0 radical (unpaired) electrons. The summed E-state index contributed by atoms with van der Waals surface area (Å²) < 4.78 is 24.5. The molecule has 0 spiro atoms. The molecule has 0 aliphatic heterocycles. The molecule has 0 bridgehead atoms. The molecule has 1 aromatic heterocycles. The van der Waals surface area contributed by atoms with E-state index in [0.717, 1.165) is 21.6 Å². The van der Waals surface area contributed by atoms with Gasteiger partial charge in [0, 0.05) is 16.3 Å². The summed E-state index contributed by atoms with van der Waals surface area (Å²) in [6, 6.07) is 13.0. The fourth-order valence-electron chi connectivity index (χ4n) is 1.64. The lowest BCUT2D eigenvalue weighted by molar-refractivity contribution is 0.224. The molecule has 1 atom stereocenters. The molecule has 4 nitrogen and oxygen atoms in total. The van der Waals surface area contributed by atoms with E-state index in [1.165, 1.54) is 11.3 Å². The fourth-order valence-corrected chi connectivity index (χ4v) is 3.11. The summed E-state index contributed by atoms with van der Waals surface area (Å²) in [4.78, 5) is 1.67. The second-order valence-corrected chi connectivity index (χ2v) is 7.24. The monoisotopic (exact) mass is 297 g/mol. The van der Waals surface area contributed by atoms with Crippen molar-refractivity contribution in [2.45, 2.75) is 12.6 Å². The van der Waals surface area contributed by atoms with Crippen LogP contribution in [0.1, 0.15) is 21.4 Å². The number of nitrogens with one attached hydrogen (secondary N) is 1. The van der Waals surface area contributed by atoms with E-state index in [9.17, 15) is 13.5 Å². The minimum atomic E-state index is -3.19. The number of hydrogen-bond donors (Lipinski definition) is 2. The third-order valence-corrected chi connectivity index (χ3v) is 4.38. The molecule has 19 heavy (non-hydrogen) atoms. The van der Waals surface area contributed by atoms with Crippen LogP contribution in [-0.4, -0.2) is 19.8 Å². The van der Waals surface area contributed by atoms with E-state index >= 15 is 0 Å². The Morgan fingerprint density at radius 1 is 1.21 bits per heavy atom. The van der Waals surface area contributed by atoms with E-state index in [0.29, 0.717) is 0 Å². The molecular formula is C13H15NO3S2. The van der Waals surface area contributed by atoms with Gasteiger partial charge in [0.2, 0.25) is 10.0 Å². The first-order valence-electron chi connectivity index (χ1n) is 5.72. The lowest BCUT2D eigenvalue weighted by atomic mass is 10.1. The Morgan fingerprint density at radius 3 is 2.53 bits per heavy atom. The Kier molecular flexibility index (Phi) is 4.36. The van der Waals surface area contributed by atoms with E-state index in [1.807, 2.05) is 42.5 Å². The lowest BCUT2D eigenvalue weighted by Gasteiger charge is -2.08. The minimum absolute atomic E-state index is 0.255. The van der Waals surface area contributed by atoms with Crippen molar-refractivity contribution in [1.82, 2.24) is 4.72 Å². The zero-order valence-electron chi connectivity index (χ0n) is 10.4. The van der Waals surface area contributed by atoms with Crippen LogP contribution < -0.4 is 4.72 Å². The second-order valence-electron chi connectivity index (χ2n) is 4.21. The first kappa shape index (κ1) is 14.2. The van der Waals surface area contributed by atoms with Gasteiger partial charge in [-0.25, -0.2) is 13.1 Å². The van der Waals surface area contributed by atoms with Gasteiger partial charge >= 0.3 is 0 Å². The van der Waals surface area contributed by atoms with Gasteiger partial charge in [0.05, 0.1) is 6.26 Å². The first-order chi connectivity index (χ1) is 8.96. The normalized spacial score (nSPS) is 13.4. The molecule has 0 saturated carbocycles. The zero-order chi connectivity index (χ0) is 13.9. The topological polar surface area (TPSA) is 66.4 Å². The number of benzene rings is 1. The van der Waals surface area contributed by atoms with Crippen LogP contribution in [0.5, 0.6) is 0 Å². The SMILES string of the molecule is CS(=O)(=O)NCc1ccc([C@H](O)c2ccccc2)s1. The van der Waals surface area contributed by atoms with Gasteiger partial charge in [0.15, 0.2) is 0 Å². The second kappa shape index (κ2) is 5.83. The van der Waals surface area contributed by atoms with Crippen LogP contribution in [0.3, 0.4) is 0 Å². The van der Waals surface area contributed by atoms with Crippen LogP contribution >= 0.6 is 11.3 Å².